The van der Waals surface area contributed by atoms with Crippen LogP contribution in [-0.2, 0) is 6.61 Å². The third kappa shape index (κ3) is 3.62. The van der Waals surface area contributed by atoms with E-state index in [9.17, 15) is 4.79 Å². The number of benzene rings is 2. The molecule has 0 saturated carbocycles. The summed E-state index contributed by atoms with van der Waals surface area (Å²) in [6.07, 6.45) is 0.684. The van der Waals surface area contributed by atoms with Gasteiger partial charge in [-0.1, -0.05) is 40.9 Å². The predicted octanol–water partition coefficient (Wildman–Crippen LogP) is 5.05. The van der Waals surface area contributed by atoms with Crippen molar-refractivity contribution in [3.63, 3.8) is 0 Å². The highest BCUT2D eigenvalue weighted by molar-refractivity contribution is 6.36. The Balaban J connectivity index is 2.30. The molecule has 0 spiro atoms. The number of halogens is 3. The predicted molar refractivity (Wildman–Crippen MR) is 84.2 cm³/mol. The molecule has 2 rings (SSSR count). The monoisotopic (exact) mass is 344 g/mol. The fourth-order valence-corrected chi connectivity index (χ4v) is 2.54. The molecule has 110 valence electrons. The van der Waals surface area contributed by atoms with Crippen LogP contribution in [-0.4, -0.2) is 13.4 Å². The zero-order valence-corrected chi connectivity index (χ0v) is 13.3. The second-order valence-electron chi connectivity index (χ2n) is 4.14. The molecule has 0 unspecified atom stereocenters. The van der Waals surface area contributed by atoms with Crippen molar-refractivity contribution in [3.05, 3.63) is 56.5 Å². The average molecular weight is 346 g/mol. The third-order valence-electron chi connectivity index (χ3n) is 2.81. The van der Waals surface area contributed by atoms with Crippen LogP contribution in [0.5, 0.6) is 11.5 Å². The molecule has 2 aromatic carbocycles. The Labute approximate surface area is 137 Å². The van der Waals surface area contributed by atoms with Crippen LogP contribution < -0.4 is 9.47 Å². The molecule has 0 aromatic heterocycles. The van der Waals surface area contributed by atoms with E-state index in [2.05, 4.69) is 0 Å². The van der Waals surface area contributed by atoms with Gasteiger partial charge in [-0.25, -0.2) is 0 Å². The van der Waals surface area contributed by atoms with Gasteiger partial charge in [0.1, 0.15) is 12.9 Å². The van der Waals surface area contributed by atoms with Crippen molar-refractivity contribution in [3.8, 4) is 11.5 Å². The van der Waals surface area contributed by atoms with E-state index in [1.165, 1.54) is 13.2 Å². The van der Waals surface area contributed by atoms with Gasteiger partial charge < -0.3 is 9.47 Å². The first kappa shape index (κ1) is 16.0. The molecule has 0 heterocycles. The van der Waals surface area contributed by atoms with E-state index < -0.39 is 0 Å². The van der Waals surface area contributed by atoms with Crippen LogP contribution in [0.4, 0.5) is 0 Å². The molecule has 0 amide bonds. The van der Waals surface area contributed by atoms with Crippen LogP contribution in [0, 0.1) is 0 Å². The minimum Gasteiger partial charge on any atom is -0.493 e. The van der Waals surface area contributed by atoms with Crippen molar-refractivity contribution in [2.75, 3.05) is 7.11 Å². The topological polar surface area (TPSA) is 35.5 Å². The number of hydrogen-bond acceptors (Lipinski definition) is 3. The first-order valence-corrected chi connectivity index (χ1v) is 7.08. The van der Waals surface area contributed by atoms with Crippen LogP contribution in [0.15, 0.2) is 30.3 Å². The smallest absolute Gasteiger partial charge is 0.180 e. The van der Waals surface area contributed by atoms with Crippen LogP contribution in [0.2, 0.25) is 15.1 Å². The van der Waals surface area contributed by atoms with Gasteiger partial charge in [0.15, 0.2) is 11.5 Å². The standard InChI is InChI=1S/C15H11Cl3O3/c1-20-14-6-9(7-19)5-13(18)15(14)21-8-10-11(16)3-2-4-12(10)17/h2-7H,8H2,1H3. The molecule has 0 aliphatic heterocycles. The van der Waals surface area contributed by atoms with Crippen molar-refractivity contribution in [1.29, 1.82) is 0 Å². The van der Waals surface area contributed by atoms with Crippen molar-refractivity contribution < 1.29 is 14.3 Å². The maximum atomic E-state index is 10.8. The highest BCUT2D eigenvalue weighted by Crippen LogP contribution is 2.37. The number of rotatable bonds is 5. The van der Waals surface area contributed by atoms with Crippen molar-refractivity contribution in [1.82, 2.24) is 0 Å². The van der Waals surface area contributed by atoms with Gasteiger partial charge in [-0.05, 0) is 24.3 Å². The highest BCUT2D eigenvalue weighted by Gasteiger charge is 2.14. The Morgan fingerprint density at radius 2 is 1.76 bits per heavy atom. The molecule has 2 aromatic rings. The summed E-state index contributed by atoms with van der Waals surface area (Å²) in [6.45, 7) is 0.134. The molecular weight excluding hydrogens is 335 g/mol. The summed E-state index contributed by atoms with van der Waals surface area (Å²) < 4.78 is 10.8. The molecule has 3 nitrogen and oxygen atoms in total. The fourth-order valence-electron chi connectivity index (χ4n) is 1.76. The molecule has 0 N–H and O–H groups in total. The van der Waals surface area contributed by atoms with Gasteiger partial charge in [-0.15, -0.1) is 0 Å². The van der Waals surface area contributed by atoms with Gasteiger partial charge in [-0.3, -0.25) is 4.79 Å². The molecule has 6 heteroatoms. The van der Waals surface area contributed by atoms with E-state index in [0.717, 1.165) is 0 Å². The van der Waals surface area contributed by atoms with Crippen LogP contribution >= 0.6 is 34.8 Å². The van der Waals surface area contributed by atoms with E-state index in [1.54, 1.807) is 24.3 Å². The van der Waals surface area contributed by atoms with Crippen LogP contribution in [0.3, 0.4) is 0 Å². The quantitative estimate of drug-likeness (QED) is 0.712. The maximum Gasteiger partial charge on any atom is 0.180 e. The maximum absolute atomic E-state index is 10.8. The lowest BCUT2D eigenvalue weighted by molar-refractivity contribution is 0.112. The van der Waals surface area contributed by atoms with Gasteiger partial charge in [0.25, 0.3) is 0 Å². The van der Waals surface area contributed by atoms with Gasteiger partial charge in [-0.2, -0.15) is 0 Å². The Morgan fingerprint density at radius 3 is 2.33 bits per heavy atom. The zero-order chi connectivity index (χ0) is 15.4. The lowest BCUT2D eigenvalue weighted by Gasteiger charge is -2.14. The van der Waals surface area contributed by atoms with Gasteiger partial charge in [0.2, 0.25) is 0 Å². The molecule has 0 bridgehead atoms. The summed E-state index contributed by atoms with van der Waals surface area (Å²) in [7, 11) is 1.47. The van der Waals surface area contributed by atoms with Crippen molar-refractivity contribution >= 4 is 41.1 Å². The summed E-state index contributed by atoms with van der Waals surface area (Å²) in [5, 5.41) is 1.28. The molecule has 0 fully saturated rings. The van der Waals surface area contributed by atoms with Gasteiger partial charge >= 0.3 is 0 Å². The van der Waals surface area contributed by atoms with Crippen LogP contribution in [0.25, 0.3) is 0 Å². The average Bonchev–Trinajstić information content (AvgIpc) is 2.47. The molecule has 0 aliphatic rings. The van der Waals surface area contributed by atoms with Crippen molar-refractivity contribution in [2.45, 2.75) is 6.61 Å². The first-order chi connectivity index (χ1) is 10.1. The second-order valence-corrected chi connectivity index (χ2v) is 5.36. The fraction of sp³-hybridized carbons (Fsp3) is 0.133. The molecule has 21 heavy (non-hydrogen) atoms. The molecule has 0 aliphatic carbocycles. The summed E-state index contributed by atoms with van der Waals surface area (Å²) in [6, 6.07) is 8.24. The SMILES string of the molecule is COc1cc(C=O)cc(Cl)c1OCc1c(Cl)cccc1Cl. The second kappa shape index (κ2) is 7.03. The molecule has 0 atom stereocenters. The van der Waals surface area contributed by atoms with E-state index in [1.807, 2.05) is 0 Å². The number of carbonyl (C=O) groups excluding carboxylic acids is 1. The molecule has 0 saturated heterocycles. The summed E-state index contributed by atoms with van der Waals surface area (Å²) in [5.41, 5.74) is 1.05. The number of hydrogen-bond donors (Lipinski definition) is 0. The number of ether oxygens (including phenoxy) is 2. The number of carbonyl (C=O) groups is 1. The normalized spacial score (nSPS) is 10.3. The Hall–Kier alpha value is -1.42. The van der Waals surface area contributed by atoms with Gasteiger partial charge in [0, 0.05) is 21.2 Å². The minimum atomic E-state index is 0.134. The molecule has 0 radical (unpaired) electrons. The third-order valence-corrected chi connectivity index (χ3v) is 3.80. The first-order valence-electron chi connectivity index (χ1n) is 5.95. The molecular formula is C15H11Cl3O3. The van der Waals surface area contributed by atoms with Crippen LogP contribution in [0.1, 0.15) is 15.9 Å². The van der Waals surface area contributed by atoms with E-state index in [-0.39, 0.29) is 11.6 Å². The number of methoxy groups -OCH3 is 1. The minimum absolute atomic E-state index is 0.134. The lowest BCUT2D eigenvalue weighted by atomic mass is 10.2. The van der Waals surface area contributed by atoms with E-state index in [0.29, 0.717) is 39.0 Å². The largest absolute Gasteiger partial charge is 0.493 e. The Morgan fingerprint density at radius 1 is 1.10 bits per heavy atom. The summed E-state index contributed by atoms with van der Waals surface area (Å²) in [5.74, 6) is 0.702. The Bertz CT molecular complexity index is 651. The Kier molecular flexibility index (Phi) is 5.34. The zero-order valence-electron chi connectivity index (χ0n) is 11.0. The van der Waals surface area contributed by atoms with Gasteiger partial charge in [0.05, 0.1) is 12.1 Å². The highest BCUT2D eigenvalue weighted by atomic mass is 35.5. The summed E-state index contributed by atoms with van der Waals surface area (Å²) in [4.78, 5) is 10.8. The number of aldehydes is 1. The summed E-state index contributed by atoms with van der Waals surface area (Å²) >= 11 is 18.3. The van der Waals surface area contributed by atoms with E-state index in [4.69, 9.17) is 44.3 Å². The van der Waals surface area contributed by atoms with E-state index >= 15 is 0 Å². The van der Waals surface area contributed by atoms with Crippen molar-refractivity contribution in [2.24, 2.45) is 0 Å². The lowest BCUT2D eigenvalue weighted by Crippen LogP contribution is -2.00.